The van der Waals surface area contributed by atoms with Crippen LogP contribution in [-0.2, 0) is 19.9 Å². The Morgan fingerprint density at radius 2 is 1.52 bits per heavy atom. The van der Waals surface area contributed by atoms with Crippen LogP contribution in [0.4, 0.5) is 0 Å². The van der Waals surface area contributed by atoms with Crippen LogP contribution in [0.25, 0.3) is 0 Å². The molecule has 0 aromatic heterocycles. The third-order valence-electron chi connectivity index (χ3n) is 6.07. The molecule has 2 aliphatic carbocycles. The van der Waals surface area contributed by atoms with Crippen molar-refractivity contribution in [3.63, 3.8) is 0 Å². The van der Waals surface area contributed by atoms with Crippen molar-refractivity contribution >= 4 is 28.8 Å². The molecule has 29 heavy (non-hydrogen) atoms. The van der Waals surface area contributed by atoms with E-state index in [-0.39, 0.29) is 75.2 Å². The monoisotopic (exact) mass is 481 g/mol. The van der Waals surface area contributed by atoms with Crippen LogP contribution in [0.2, 0.25) is 0 Å². The third-order valence-corrected chi connectivity index (χ3v) is 6.07. The molecule has 0 spiro atoms. The van der Waals surface area contributed by atoms with E-state index < -0.39 is 10.4 Å². The molecule has 0 saturated heterocycles. The summed E-state index contributed by atoms with van der Waals surface area (Å²) in [6.07, 6.45) is 12.3. The Morgan fingerprint density at radius 3 is 1.97 bits per heavy atom. The zero-order valence-electron chi connectivity index (χ0n) is 18.2. The van der Waals surface area contributed by atoms with Gasteiger partial charge in [0.15, 0.2) is 0 Å². The fraction of sp³-hybridized carbons (Fsp3) is 0.947. The van der Waals surface area contributed by atoms with Gasteiger partial charge >= 0.3 is 57.4 Å². The summed E-state index contributed by atoms with van der Waals surface area (Å²) in [5, 5.41) is 0. The molecule has 10 heteroatoms. The Kier molecular flexibility index (Phi) is 18.8. The molecule has 1 N–H and O–H groups in total. The van der Waals surface area contributed by atoms with Crippen LogP contribution in [0.1, 0.15) is 78.1 Å². The second-order valence-corrected chi connectivity index (χ2v) is 8.50. The number of rotatable bonds is 7. The molecule has 2 aliphatic rings. The molecule has 0 atom stereocenters. The Labute approximate surface area is 225 Å². The number of ether oxygens (including phenoxy) is 1. The van der Waals surface area contributed by atoms with Crippen LogP contribution in [0.3, 0.4) is 0 Å². The first-order valence-electron chi connectivity index (χ1n) is 10.3. The number of hydrogen-bond donors (Lipinski definition) is 1. The minimum Gasteiger partial charge on any atom is -0.726 e. The zero-order chi connectivity index (χ0) is 20.3. The molecule has 0 aromatic carbocycles. The summed E-state index contributed by atoms with van der Waals surface area (Å²) in [6, 6.07) is 0. The first-order chi connectivity index (χ1) is 12.7. The van der Waals surface area contributed by atoms with E-state index in [1.54, 1.807) is 0 Å². The van der Waals surface area contributed by atoms with Crippen molar-refractivity contribution in [1.29, 1.82) is 0 Å². The summed E-state index contributed by atoms with van der Waals surface area (Å²) in [6.45, 7) is 7.82. The maximum atomic E-state index is 12.9. The normalized spacial score (nSPS) is 19.2. The SMILES string of the molecule is CCN(CC)CCOC(=O)C1(C2CCCCC2)CCCCC1.Cl.O=S(=O)([O-])O.[K+]. The Bertz CT molecular complexity index is 525. The van der Waals surface area contributed by atoms with Gasteiger partial charge in [0.25, 0.3) is 0 Å². The van der Waals surface area contributed by atoms with Crippen molar-refractivity contribution in [3.05, 3.63) is 0 Å². The standard InChI is InChI=1S/C19H35NO2.ClH.K.H2O4S/c1-3-20(4-2)15-16-22-18(21)19(13-9-6-10-14-19)17-11-7-5-8-12-17;;;1-5(2,3)4/h17H,3-16H2,1-2H3;1H;;(H2,1,2,3,4)/q;;+1;/p-1. The average molecular weight is 482 g/mol. The van der Waals surface area contributed by atoms with Crippen LogP contribution in [-0.4, -0.2) is 54.6 Å². The van der Waals surface area contributed by atoms with E-state index in [1.807, 2.05) is 0 Å². The van der Waals surface area contributed by atoms with Gasteiger partial charge in [-0.1, -0.05) is 52.4 Å². The number of hydrogen-bond acceptors (Lipinski definition) is 6. The predicted octanol–water partition coefficient (Wildman–Crippen LogP) is 0.833. The maximum Gasteiger partial charge on any atom is 1.00 e. The van der Waals surface area contributed by atoms with Gasteiger partial charge in [0.2, 0.25) is 10.4 Å². The minimum atomic E-state index is -4.92. The Balaban J connectivity index is 0. The van der Waals surface area contributed by atoms with Crippen LogP contribution < -0.4 is 51.4 Å². The minimum absolute atomic E-state index is 0. The summed E-state index contributed by atoms with van der Waals surface area (Å²) in [5.74, 6) is 0.716. The van der Waals surface area contributed by atoms with Crippen molar-refractivity contribution in [3.8, 4) is 0 Å². The van der Waals surface area contributed by atoms with Crippen LogP contribution in [0.15, 0.2) is 0 Å². The number of nitrogens with zero attached hydrogens (tertiary/aromatic N) is 1. The molecule has 7 nitrogen and oxygen atoms in total. The molecular formula is C19H37ClKNO6S. The second kappa shape index (κ2) is 16.8. The molecule has 2 saturated carbocycles. The van der Waals surface area contributed by atoms with Gasteiger partial charge in [-0.25, -0.2) is 8.42 Å². The fourth-order valence-electron chi connectivity index (χ4n) is 4.57. The number of esters is 1. The van der Waals surface area contributed by atoms with E-state index in [0.29, 0.717) is 12.5 Å². The van der Waals surface area contributed by atoms with E-state index in [4.69, 9.17) is 22.3 Å². The molecule has 2 fully saturated rings. The number of likely N-dealkylation sites (N-methyl/N-ethyl adjacent to an activating group) is 1. The Hall–Kier alpha value is 1.23. The van der Waals surface area contributed by atoms with Gasteiger partial charge in [-0.2, -0.15) is 0 Å². The van der Waals surface area contributed by atoms with Crippen molar-refractivity contribution in [2.75, 3.05) is 26.2 Å². The van der Waals surface area contributed by atoms with E-state index in [1.165, 1.54) is 51.4 Å². The smallest absolute Gasteiger partial charge is 0.726 e. The molecule has 0 bridgehead atoms. The summed E-state index contributed by atoms with van der Waals surface area (Å²) in [7, 11) is -4.92. The summed E-state index contributed by atoms with van der Waals surface area (Å²) in [4.78, 5) is 15.3. The maximum absolute atomic E-state index is 12.9. The predicted molar refractivity (Wildman–Crippen MR) is 110 cm³/mol. The van der Waals surface area contributed by atoms with Crippen LogP contribution >= 0.6 is 12.4 Å². The number of carbonyl (C=O) groups excluding carboxylic acids is 1. The summed E-state index contributed by atoms with van der Waals surface area (Å²) in [5.41, 5.74) is -0.137. The number of halogens is 1. The second-order valence-electron chi connectivity index (χ2n) is 7.64. The topological polar surface area (TPSA) is 107 Å². The van der Waals surface area contributed by atoms with Gasteiger partial charge in [-0.3, -0.25) is 9.35 Å². The van der Waals surface area contributed by atoms with Crippen LogP contribution in [0, 0.1) is 11.3 Å². The van der Waals surface area contributed by atoms with Gasteiger partial charge in [-0.05, 0) is 44.7 Å². The van der Waals surface area contributed by atoms with Crippen LogP contribution in [0.5, 0.6) is 0 Å². The average Bonchev–Trinajstić information content (AvgIpc) is 2.65. The molecule has 0 aliphatic heterocycles. The molecular weight excluding hydrogens is 445 g/mol. The molecule has 0 amide bonds. The van der Waals surface area contributed by atoms with Crippen molar-refractivity contribution in [2.24, 2.45) is 11.3 Å². The van der Waals surface area contributed by atoms with E-state index >= 15 is 0 Å². The van der Waals surface area contributed by atoms with Crippen molar-refractivity contribution < 1.29 is 78.4 Å². The number of carbonyl (C=O) groups is 1. The van der Waals surface area contributed by atoms with Crippen molar-refractivity contribution in [1.82, 2.24) is 4.90 Å². The Morgan fingerprint density at radius 1 is 1.07 bits per heavy atom. The zero-order valence-corrected chi connectivity index (χ0v) is 23.0. The largest absolute Gasteiger partial charge is 1.00 e. The van der Waals surface area contributed by atoms with E-state index in [9.17, 15) is 4.79 Å². The van der Waals surface area contributed by atoms with Gasteiger partial charge in [0.1, 0.15) is 6.61 Å². The molecule has 2 rings (SSSR count). The molecule has 0 aromatic rings. The molecule has 168 valence electrons. The van der Waals surface area contributed by atoms with Crippen molar-refractivity contribution in [2.45, 2.75) is 78.1 Å². The first-order valence-corrected chi connectivity index (χ1v) is 11.7. The molecule has 0 radical (unpaired) electrons. The van der Waals surface area contributed by atoms with Gasteiger partial charge in [0.05, 0.1) is 5.41 Å². The third kappa shape index (κ3) is 12.7. The van der Waals surface area contributed by atoms with E-state index in [2.05, 4.69) is 18.7 Å². The van der Waals surface area contributed by atoms with Gasteiger partial charge in [-0.15, -0.1) is 12.4 Å². The molecule has 0 unspecified atom stereocenters. The summed E-state index contributed by atoms with van der Waals surface area (Å²) >= 11 is 0. The first kappa shape index (κ1) is 32.4. The van der Waals surface area contributed by atoms with E-state index in [0.717, 1.165) is 32.5 Å². The summed E-state index contributed by atoms with van der Waals surface area (Å²) < 4.78 is 38.6. The fourth-order valence-corrected chi connectivity index (χ4v) is 4.57. The molecule has 0 heterocycles. The van der Waals surface area contributed by atoms with Gasteiger partial charge in [0, 0.05) is 6.54 Å². The quantitative estimate of drug-likeness (QED) is 0.248. The van der Waals surface area contributed by atoms with Gasteiger partial charge < -0.3 is 14.2 Å².